The average Bonchev–Trinajstić information content (AvgIpc) is 2.84. The van der Waals surface area contributed by atoms with Crippen molar-refractivity contribution < 1.29 is 19.6 Å². The van der Waals surface area contributed by atoms with Crippen LogP contribution in [0.1, 0.15) is 43.7 Å². The van der Waals surface area contributed by atoms with Crippen LogP contribution in [0.5, 0.6) is 11.5 Å². The Bertz CT molecular complexity index is 1080. The van der Waals surface area contributed by atoms with Gasteiger partial charge in [0.15, 0.2) is 23.3 Å². The number of amidine groups is 1. The molecule has 0 saturated heterocycles. The summed E-state index contributed by atoms with van der Waals surface area (Å²) in [7, 11) is 7.24. The summed E-state index contributed by atoms with van der Waals surface area (Å²) in [5.74, 6) is 1.78. The quantitative estimate of drug-likeness (QED) is 0.385. The first-order chi connectivity index (χ1) is 16.3. The molecule has 2 aliphatic rings. The van der Waals surface area contributed by atoms with E-state index in [1.54, 1.807) is 26.4 Å². The number of aliphatic imine (C=N–C) groups is 1. The number of nitrogens with zero attached hydrogens (tertiary/aromatic N) is 2. The van der Waals surface area contributed by atoms with E-state index in [-0.39, 0.29) is 11.9 Å². The van der Waals surface area contributed by atoms with Crippen LogP contribution in [0.25, 0.3) is 0 Å². The first-order valence-electron chi connectivity index (χ1n) is 11.8. The zero-order chi connectivity index (χ0) is 24.3. The third-order valence-electron chi connectivity index (χ3n) is 6.51. The van der Waals surface area contributed by atoms with Gasteiger partial charge < -0.3 is 24.8 Å². The van der Waals surface area contributed by atoms with Crippen LogP contribution in [0.2, 0.25) is 0 Å². The SMILES string of the molecule is COc1ccc(C(O)=[NH+]C2CCC(NC3(C)N=C(N(C)C)c4ccccc4N3)CC2)cc1OC. The summed E-state index contributed by atoms with van der Waals surface area (Å²) in [4.78, 5) is 10.4. The molecule has 0 amide bonds. The molecule has 1 aliphatic heterocycles. The van der Waals surface area contributed by atoms with Gasteiger partial charge in [-0.25, -0.2) is 9.98 Å². The molecule has 34 heavy (non-hydrogen) atoms. The first-order valence-corrected chi connectivity index (χ1v) is 11.8. The summed E-state index contributed by atoms with van der Waals surface area (Å²) in [6.45, 7) is 2.09. The number of benzene rings is 2. The number of aliphatic hydroxyl groups excluding tert-OH is 1. The minimum atomic E-state index is -0.577. The molecule has 1 heterocycles. The van der Waals surface area contributed by atoms with E-state index >= 15 is 0 Å². The highest BCUT2D eigenvalue weighted by Gasteiger charge is 2.35. The monoisotopic (exact) mass is 466 g/mol. The Kier molecular flexibility index (Phi) is 6.97. The van der Waals surface area contributed by atoms with Crippen LogP contribution in [0.15, 0.2) is 47.5 Å². The maximum Gasteiger partial charge on any atom is 0.366 e. The van der Waals surface area contributed by atoms with Gasteiger partial charge in [-0.05, 0) is 44.0 Å². The molecule has 4 N–H and O–H groups in total. The number of aliphatic hydroxyl groups is 1. The second-order valence-corrected chi connectivity index (χ2v) is 9.33. The largest absolute Gasteiger partial charge is 0.493 e. The topological polar surface area (TPSA) is 92.3 Å². The molecule has 0 bridgehead atoms. The van der Waals surface area contributed by atoms with Crippen LogP contribution in [0.4, 0.5) is 5.69 Å². The second kappa shape index (κ2) is 9.93. The van der Waals surface area contributed by atoms with Gasteiger partial charge in [0.25, 0.3) is 0 Å². The van der Waals surface area contributed by atoms with Crippen molar-refractivity contribution in [2.24, 2.45) is 4.99 Å². The van der Waals surface area contributed by atoms with Crippen molar-refractivity contribution in [1.82, 2.24) is 10.2 Å². The predicted molar refractivity (Wildman–Crippen MR) is 135 cm³/mol. The van der Waals surface area contributed by atoms with Gasteiger partial charge in [-0.2, -0.15) is 0 Å². The van der Waals surface area contributed by atoms with Gasteiger partial charge in [-0.3, -0.25) is 5.32 Å². The molecular weight excluding hydrogens is 430 g/mol. The highest BCUT2D eigenvalue weighted by Crippen LogP contribution is 2.29. The van der Waals surface area contributed by atoms with Crippen LogP contribution in [-0.4, -0.2) is 67.9 Å². The van der Waals surface area contributed by atoms with E-state index in [0.29, 0.717) is 23.1 Å². The number of hydrogen-bond donors (Lipinski definition) is 4. The lowest BCUT2D eigenvalue weighted by molar-refractivity contribution is -0.515. The van der Waals surface area contributed by atoms with E-state index in [1.165, 1.54) is 0 Å². The van der Waals surface area contributed by atoms with Gasteiger partial charge in [0.2, 0.25) is 0 Å². The van der Waals surface area contributed by atoms with Gasteiger partial charge in [-0.15, -0.1) is 0 Å². The van der Waals surface area contributed by atoms with Crippen molar-refractivity contribution in [2.45, 2.75) is 50.5 Å². The van der Waals surface area contributed by atoms with Crippen molar-refractivity contribution in [3.05, 3.63) is 53.6 Å². The maximum atomic E-state index is 10.7. The molecule has 0 radical (unpaired) electrons. The molecule has 0 aromatic heterocycles. The van der Waals surface area contributed by atoms with Gasteiger partial charge in [-0.1, -0.05) is 12.1 Å². The molecule has 8 heteroatoms. The van der Waals surface area contributed by atoms with Crippen LogP contribution in [0, 0.1) is 0 Å². The molecule has 2 aromatic carbocycles. The van der Waals surface area contributed by atoms with Gasteiger partial charge in [0.1, 0.15) is 5.84 Å². The van der Waals surface area contributed by atoms with Crippen molar-refractivity contribution in [3.8, 4) is 11.5 Å². The Morgan fingerprint density at radius 3 is 2.47 bits per heavy atom. The molecular formula is C26H36N5O3+. The Balaban J connectivity index is 1.40. The zero-order valence-corrected chi connectivity index (χ0v) is 20.7. The van der Waals surface area contributed by atoms with Crippen molar-refractivity contribution >= 4 is 17.4 Å². The van der Waals surface area contributed by atoms with Crippen molar-refractivity contribution in [1.29, 1.82) is 0 Å². The summed E-state index contributed by atoms with van der Waals surface area (Å²) < 4.78 is 10.6. The minimum absolute atomic E-state index is 0.162. The number of nitrogens with one attached hydrogen (secondary N) is 3. The molecule has 1 atom stereocenters. The number of para-hydroxylation sites is 1. The first kappa shape index (κ1) is 23.9. The molecule has 8 nitrogen and oxygen atoms in total. The maximum absolute atomic E-state index is 10.7. The molecule has 2 aromatic rings. The highest BCUT2D eigenvalue weighted by molar-refractivity contribution is 6.04. The summed E-state index contributed by atoms with van der Waals surface area (Å²) in [5, 5.41) is 18.0. The summed E-state index contributed by atoms with van der Waals surface area (Å²) in [5.41, 5.74) is 2.88. The Morgan fingerprint density at radius 1 is 1.09 bits per heavy atom. The van der Waals surface area contributed by atoms with Crippen LogP contribution >= 0.6 is 0 Å². The fourth-order valence-corrected chi connectivity index (χ4v) is 4.80. The molecule has 0 spiro atoms. The zero-order valence-electron chi connectivity index (χ0n) is 20.7. The Morgan fingerprint density at radius 2 is 1.79 bits per heavy atom. The lowest BCUT2D eigenvalue weighted by atomic mass is 9.91. The summed E-state index contributed by atoms with van der Waals surface area (Å²) >= 11 is 0. The molecule has 1 aliphatic carbocycles. The number of hydrogen-bond acceptors (Lipinski definition) is 6. The smallest absolute Gasteiger partial charge is 0.366 e. The lowest BCUT2D eigenvalue weighted by Gasteiger charge is -2.40. The van der Waals surface area contributed by atoms with Gasteiger partial charge in [0, 0.05) is 50.3 Å². The number of fused-ring (bicyclic) bond motifs is 1. The third kappa shape index (κ3) is 5.12. The molecule has 4 rings (SSSR count). The van der Waals surface area contributed by atoms with Crippen molar-refractivity contribution in [3.63, 3.8) is 0 Å². The second-order valence-electron chi connectivity index (χ2n) is 9.33. The molecule has 1 saturated carbocycles. The standard InChI is InChI=1S/C26H35N5O3/c1-26(29-21-9-7-6-8-20(21)24(30-26)31(2)3)28-19-13-11-18(12-14-19)27-25(32)17-10-15-22(33-4)23(16-17)34-5/h6-10,15-16,18-19,28-29H,11-14H2,1-5H3,(H,27,32)/p+1. The highest BCUT2D eigenvalue weighted by atomic mass is 16.5. The average molecular weight is 467 g/mol. The predicted octanol–water partition coefficient (Wildman–Crippen LogP) is 2.10. The minimum Gasteiger partial charge on any atom is -0.493 e. The summed E-state index contributed by atoms with van der Waals surface area (Å²) in [6, 6.07) is 14.2. The Labute approximate surface area is 201 Å². The van der Waals surface area contributed by atoms with Crippen molar-refractivity contribution in [2.75, 3.05) is 33.6 Å². The fraction of sp³-hybridized carbons (Fsp3) is 0.462. The molecule has 1 fully saturated rings. The van der Waals surface area contributed by atoms with E-state index in [4.69, 9.17) is 14.5 Å². The number of methoxy groups -OCH3 is 2. The molecule has 1 unspecified atom stereocenters. The number of rotatable bonds is 6. The van der Waals surface area contributed by atoms with Gasteiger partial charge in [0.05, 0.1) is 19.8 Å². The fourth-order valence-electron chi connectivity index (χ4n) is 4.80. The van der Waals surface area contributed by atoms with Crippen LogP contribution in [0.3, 0.4) is 0 Å². The van der Waals surface area contributed by atoms with E-state index < -0.39 is 5.79 Å². The van der Waals surface area contributed by atoms with E-state index in [9.17, 15) is 5.11 Å². The molecule has 182 valence electrons. The van der Waals surface area contributed by atoms with E-state index in [0.717, 1.165) is 42.8 Å². The van der Waals surface area contributed by atoms with E-state index in [1.807, 2.05) is 32.3 Å². The number of anilines is 1. The van der Waals surface area contributed by atoms with E-state index in [2.05, 4.69) is 39.6 Å². The van der Waals surface area contributed by atoms with Gasteiger partial charge >= 0.3 is 5.90 Å². The van der Waals surface area contributed by atoms with Crippen LogP contribution < -0.4 is 25.1 Å². The van der Waals surface area contributed by atoms with Crippen LogP contribution in [-0.2, 0) is 0 Å². The summed E-state index contributed by atoms with van der Waals surface area (Å²) in [6.07, 6.45) is 3.88. The number of ether oxygens (including phenoxy) is 2. The normalized spacial score (nSPS) is 24.5. The lowest BCUT2D eigenvalue weighted by Crippen LogP contribution is -2.80. The Hall–Kier alpha value is -3.26. The third-order valence-corrected chi connectivity index (χ3v) is 6.51.